The molecule has 0 atom stereocenters. The van der Waals surface area contributed by atoms with Gasteiger partial charge in [-0.25, -0.2) is 4.39 Å². The number of rotatable bonds is 4. The summed E-state index contributed by atoms with van der Waals surface area (Å²) >= 11 is 0. The molecule has 2 aromatic rings. The first-order valence-electron chi connectivity index (χ1n) is 6.25. The third-order valence-electron chi connectivity index (χ3n) is 3.22. The van der Waals surface area contributed by atoms with Crippen molar-refractivity contribution in [2.24, 2.45) is 0 Å². The van der Waals surface area contributed by atoms with Crippen molar-refractivity contribution in [2.45, 2.75) is 13.3 Å². The normalized spacial score (nSPS) is 10.7. The van der Waals surface area contributed by atoms with Crippen LogP contribution in [-0.2, 0) is 11.2 Å². The standard InChI is InChI=1S/C16H18FNO/c1-11-9-15(17)14(10-16(11)18)13-5-3-12(4-6-13)7-8-19-2/h3-6,9-10H,7-8,18H2,1-2H3. The van der Waals surface area contributed by atoms with E-state index in [1.54, 1.807) is 20.1 Å². The molecule has 0 saturated heterocycles. The molecule has 2 nitrogen and oxygen atoms in total. The molecule has 0 fully saturated rings. The molecule has 0 heterocycles. The fourth-order valence-corrected chi connectivity index (χ4v) is 1.98. The van der Waals surface area contributed by atoms with Crippen molar-refractivity contribution >= 4 is 5.69 Å². The lowest BCUT2D eigenvalue weighted by molar-refractivity contribution is 0.202. The van der Waals surface area contributed by atoms with Crippen molar-refractivity contribution in [2.75, 3.05) is 19.5 Å². The van der Waals surface area contributed by atoms with E-state index in [1.165, 1.54) is 11.6 Å². The van der Waals surface area contributed by atoms with Gasteiger partial charge in [0.05, 0.1) is 6.61 Å². The maximum absolute atomic E-state index is 13.9. The number of benzene rings is 2. The Morgan fingerprint density at radius 2 is 1.84 bits per heavy atom. The van der Waals surface area contributed by atoms with Gasteiger partial charge in [-0.2, -0.15) is 0 Å². The largest absolute Gasteiger partial charge is 0.398 e. The molecule has 0 unspecified atom stereocenters. The molecule has 0 aromatic heterocycles. The second kappa shape index (κ2) is 5.85. The van der Waals surface area contributed by atoms with Gasteiger partial charge in [-0.15, -0.1) is 0 Å². The van der Waals surface area contributed by atoms with Crippen molar-refractivity contribution in [3.63, 3.8) is 0 Å². The number of anilines is 1. The van der Waals surface area contributed by atoms with Gasteiger partial charge in [-0.1, -0.05) is 24.3 Å². The minimum atomic E-state index is -0.239. The molecule has 0 aliphatic rings. The third kappa shape index (κ3) is 3.12. The lowest BCUT2D eigenvalue weighted by Gasteiger charge is -2.08. The van der Waals surface area contributed by atoms with Gasteiger partial charge in [-0.05, 0) is 42.2 Å². The molecular weight excluding hydrogens is 241 g/mol. The highest BCUT2D eigenvalue weighted by Crippen LogP contribution is 2.27. The molecule has 0 spiro atoms. The lowest BCUT2D eigenvalue weighted by Crippen LogP contribution is -1.95. The van der Waals surface area contributed by atoms with Crippen LogP contribution in [0.25, 0.3) is 11.1 Å². The van der Waals surface area contributed by atoms with Gasteiger partial charge < -0.3 is 10.5 Å². The molecule has 0 bridgehead atoms. The van der Waals surface area contributed by atoms with Gasteiger partial charge >= 0.3 is 0 Å². The summed E-state index contributed by atoms with van der Waals surface area (Å²) in [4.78, 5) is 0. The summed E-state index contributed by atoms with van der Waals surface area (Å²) in [7, 11) is 1.68. The molecule has 2 rings (SSSR count). The first-order chi connectivity index (χ1) is 9.11. The molecule has 2 aromatic carbocycles. The topological polar surface area (TPSA) is 35.2 Å². The van der Waals surface area contributed by atoms with Crippen LogP contribution in [0.4, 0.5) is 10.1 Å². The van der Waals surface area contributed by atoms with Crippen molar-refractivity contribution in [1.82, 2.24) is 0 Å². The van der Waals surface area contributed by atoms with Gasteiger partial charge in [-0.3, -0.25) is 0 Å². The minimum absolute atomic E-state index is 0.239. The zero-order valence-electron chi connectivity index (χ0n) is 11.2. The number of ether oxygens (including phenoxy) is 1. The van der Waals surface area contributed by atoms with E-state index in [4.69, 9.17) is 10.5 Å². The van der Waals surface area contributed by atoms with Gasteiger partial charge in [0.15, 0.2) is 0 Å². The first-order valence-corrected chi connectivity index (χ1v) is 6.25. The van der Waals surface area contributed by atoms with Crippen molar-refractivity contribution < 1.29 is 9.13 Å². The summed E-state index contributed by atoms with van der Waals surface area (Å²) in [5, 5.41) is 0. The Morgan fingerprint density at radius 3 is 2.47 bits per heavy atom. The van der Waals surface area contributed by atoms with Crippen LogP contribution in [0.1, 0.15) is 11.1 Å². The summed E-state index contributed by atoms with van der Waals surface area (Å²) < 4.78 is 19.0. The summed E-state index contributed by atoms with van der Waals surface area (Å²) in [6.07, 6.45) is 0.856. The predicted octanol–water partition coefficient (Wildman–Crippen LogP) is 3.57. The first kappa shape index (κ1) is 13.6. The number of hydrogen-bond acceptors (Lipinski definition) is 2. The fraction of sp³-hybridized carbons (Fsp3) is 0.250. The van der Waals surface area contributed by atoms with Gasteiger partial charge in [0, 0.05) is 18.4 Å². The number of aryl methyl sites for hydroxylation is 1. The SMILES string of the molecule is COCCc1ccc(-c2cc(N)c(C)cc2F)cc1. The summed E-state index contributed by atoms with van der Waals surface area (Å²) in [5.41, 5.74) is 9.77. The van der Waals surface area contributed by atoms with Crippen LogP contribution >= 0.6 is 0 Å². The van der Waals surface area contributed by atoms with Crippen molar-refractivity contribution in [3.05, 3.63) is 53.3 Å². The van der Waals surface area contributed by atoms with E-state index in [0.29, 0.717) is 17.9 Å². The van der Waals surface area contributed by atoms with E-state index in [0.717, 1.165) is 17.5 Å². The highest BCUT2D eigenvalue weighted by molar-refractivity contribution is 5.69. The van der Waals surface area contributed by atoms with Crippen LogP contribution < -0.4 is 5.73 Å². The van der Waals surface area contributed by atoms with Crippen molar-refractivity contribution in [1.29, 1.82) is 0 Å². The van der Waals surface area contributed by atoms with E-state index >= 15 is 0 Å². The number of hydrogen-bond donors (Lipinski definition) is 1. The number of halogens is 1. The van der Waals surface area contributed by atoms with E-state index in [1.807, 2.05) is 24.3 Å². The molecule has 100 valence electrons. The minimum Gasteiger partial charge on any atom is -0.398 e. The van der Waals surface area contributed by atoms with Gasteiger partial charge in [0.25, 0.3) is 0 Å². The number of nitrogens with two attached hydrogens (primary N) is 1. The Morgan fingerprint density at radius 1 is 1.16 bits per heavy atom. The zero-order chi connectivity index (χ0) is 13.8. The predicted molar refractivity (Wildman–Crippen MR) is 76.6 cm³/mol. The van der Waals surface area contributed by atoms with E-state index < -0.39 is 0 Å². The lowest BCUT2D eigenvalue weighted by atomic mass is 10.0. The van der Waals surface area contributed by atoms with Crippen molar-refractivity contribution in [3.8, 4) is 11.1 Å². The maximum atomic E-state index is 13.9. The van der Waals surface area contributed by atoms with Crippen LogP contribution in [0.15, 0.2) is 36.4 Å². The van der Waals surface area contributed by atoms with Crippen LogP contribution in [0, 0.1) is 12.7 Å². The van der Waals surface area contributed by atoms with Crippen LogP contribution in [0.3, 0.4) is 0 Å². The summed E-state index contributed by atoms with van der Waals surface area (Å²) in [5.74, 6) is -0.239. The average molecular weight is 259 g/mol. The van der Waals surface area contributed by atoms with E-state index in [2.05, 4.69) is 0 Å². The average Bonchev–Trinajstić information content (AvgIpc) is 2.41. The molecule has 3 heteroatoms. The highest BCUT2D eigenvalue weighted by atomic mass is 19.1. The second-order valence-electron chi connectivity index (χ2n) is 4.63. The van der Waals surface area contributed by atoms with Crippen LogP contribution in [0.5, 0.6) is 0 Å². The fourth-order valence-electron chi connectivity index (χ4n) is 1.98. The Bertz CT molecular complexity index is 564. The molecule has 0 radical (unpaired) electrons. The highest BCUT2D eigenvalue weighted by Gasteiger charge is 2.07. The Hall–Kier alpha value is -1.87. The second-order valence-corrected chi connectivity index (χ2v) is 4.63. The van der Waals surface area contributed by atoms with Crippen LogP contribution in [-0.4, -0.2) is 13.7 Å². The van der Waals surface area contributed by atoms with E-state index in [9.17, 15) is 4.39 Å². The monoisotopic (exact) mass is 259 g/mol. The van der Waals surface area contributed by atoms with Crippen LogP contribution in [0.2, 0.25) is 0 Å². The van der Waals surface area contributed by atoms with Gasteiger partial charge in [0.2, 0.25) is 0 Å². The summed E-state index contributed by atoms with van der Waals surface area (Å²) in [6, 6.07) is 11.0. The van der Waals surface area contributed by atoms with E-state index in [-0.39, 0.29) is 5.82 Å². The Kier molecular flexibility index (Phi) is 4.17. The Balaban J connectivity index is 2.29. The number of nitrogen functional groups attached to an aromatic ring is 1. The maximum Gasteiger partial charge on any atom is 0.131 e. The summed E-state index contributed by atoms with van der Waals surface area (Å²) in [6.45, 7) is 2.49. The smallest absolute Gasteiger partial charge is 0.131 e. The molecule has 0 amide bonds. The quantitative estimate of drug-likeness (QED) is 0.852. The molecule has 19 heavy (non-hydrogen) atoms. The van der Waals surface area contributed by atoms with Gasteiger partial charge in [0.1, 0.15) is 5.82 Å². The molecule has 0 aliphatic carbocycles. The molecule has 2 N–H and O–H groups in total. The third-order valence-corrected chi connectivity index (χ3v) is 3.22. The number of methoxy groups -OCH3 is 1. The zero-order valence-corrected chi connectivity index (χ0v) is 11.2. The Labute approximate surface area is 113 Å². The molecule has 0 aliphatic heterocycles. The molecule has 0 saturated carbocycles. The molecular formula is C16H18FNO.